The molecule has 2 fully saturated rings. The van der Waals surface area contributed by atoms with Crippen LogP contribution in [0.5, 0.6) is 0 Å². The van der Waals surface area contributed by atoms with Crippen LogP contribution in [0.15, 0.2) is 12.2 Å². The van der Waals surface area contributed by atoms with Crippen molar-refractivity contribution in [3.63, 3.8) is 0 Å². The van der Waals surface area contributed by atoms with Crippen molar-refractivity contribution in [2.45, 2.75) is 57.6 Å². The molecule has 2 atom stereocenters. The van der Waals surface area contributed by atoms with E-state index in [0.29, 0.717) is 12.0 Å². The van der Waals surface area contributed by atoms with E-state index in [9.17, 15) is 5.11 Å². The highest BCUT2D eigenvalue weighted by Crippen LogP contribution is 2.39. The average Bonchev–Trinajstić information content (AvgIpc) is 2.36. The Morgan fingerprint density at radius 2 is 2.21 bits per heavy atom. The highest BCUT2D eigenvalue weighted by molar-refractivity contribution is 5.03. The number of piperidine rings is 1. The Hall–Kier alpha value is -0.380. The van der Waals surface area contributed by atoms with Crippen molar-refractivity contribution in [2.75, 3.05) is 26.2 Å². The molecule has 3 nitrogen and oxygen atoms in total. The van der Waals surface area contributed by atoms with Crippen LogP contribution < -0.4 is 5.32 Å². The van der Waals surface area contributed by atoms with Gasteiger partial charge in [0.25, 0.3) is 0 Å². The Morgan fingerprint density at radius 1 is 1.42 bits per heavy atom. The number of hydrogen-bond acceptors (Lipinski definition) is 3. The summed E-state index contributed by atoms with van der Waals surface area (Å²) in [5.41, 5.74) is 0.904. The first-order valence-corrected chi connectivity index (χ1v) is 7.84. The number of nitrogens with zero attached hydrogens (tertiary/aromatic N) is 1. The molecule has 1 heterocycles. The minimum absolute atomic E-state index is 0.355. The number of hydrogen-bond donors (Lipinski definition) is 2. The quantitative estimate of drug-likeness (QED) is 0.749. The first-order chi connectivity index (χ1) is 8.99. The molecule has 0 aromatic heterocycles. The highest BCUT2D eigenvalue weighted by Gasteiger charge is 2.42. The lowest BCUT2D eigenvalue weighted by Gasteiger charge is -2.47. The fourth-order valence-corrected chi connectivity index (χ4v) is 3.50. The van der Waals surface area contributed by atoms with E-state index in [1.54, 1.807) is 0 Å². The number of rotatable bonds is 5. The second kappa shape index (κ2) is 6.38. The van der Waals surface area contributed by atoms with Gasteiger partial charge in [0.2, 0.25) is 0 Å². The molecule has 3 heteroatoms. The van der Waals surface area contributed by atoms with Gasteiger partial charge in [-0.25, -0.2) is 0 Å². The first-order valence-electron chi connectivity index (χ1n) is 7.84. The number of nitrogens with one attached hydrogen (secondary N) is 1. The van der Waals surface area contributed by atoms with Gasteiger partial charge >= 0.3 is 0 Å². The molecule has 0 aromatic carbocycles. The Morgan fingerprint density at radius 3 is 2.95 bits per heavy atom. The minimum Gasteiger partial charge on any atom is -0.390 e. The summed E-state index contributed by atoms with van der Waals surface area (Å²) in [6, 6.07) is 0.515. The zero-order valence-electron chi connectivity index (χ0n) is 12.6. The highest BCUT2D eigenvalue weighted by atomic mass is 16.3. The Balaban J connectivity index is 1.79. The lowest BCUT2D eigenvalue weighted by molar-refractivity contribution is -0.0938. The summed E-state index contributed by atoms with van der Waals surface area (Å²) in [5.74, 6) is 0.487. The second-order valence-electron chi connectivity index (χ2n) is 6.82. The van der Waals surface area contributed by atoms with Crippen molar-refractivity contribution in [1.82, 2.24) is 10.2 Å². The average molecular weight is 266 g/mol. The Labute approximate surface area is 118 Å². The fraction of sp³-hybridized carbons (Fsp3) is 0.875. The maximum atomic E-state index is 10.7. The van der Waals surface area contributed by atoms with E-state index in [2.05, 4.69) is 30.6 Å². The molecule has 1 aliphatic heterocycles. The van der Waals surface area contributed by atoms with Gasteiger partial charge in [-0.1, -0.05) is 33.3 Å². The van der Waals surface area contributed by atoms with Crippen LogP contribution in [-0.4, -0.2) is 47.8 Å². The van der Waals surface area contributed by atoms with Gasteiger partial charge in [-0.2, -0.15) is 0 Å². The SMILES string of the molecule is C=C(CNC(C)C)CN1CCC2(O)CCCCC2C1. The predicted octanol–water partition coefficient (Wildman–Crippen LogP) is 2.17. The summed E-state index contributed by atoms with van der Waals surface area (Å²) in [4.78, 5) is 2.48. The standard InChI is InChI=1S/C16H30N2O/c1-13(2)17-10-14(3)11-18-9-8-16(19)7-5-4-6-15(16)12-18/h13,15,17,19H,3-12H2,1-2H3. The van der Waals surface area contributed by atoms with E-state index >= 15 is 0 Å². The van der Waals surface area contributed by atoms with E-state index in [1.165, 1.54) is 24.8 Å². The lowest BCUT2D eigenvalue weighted by Crippen LogP contribution is -2.53. The van der Waals surface area contributed by atoms with Gasteiger partial charge in [-0.15, -0.1) is 0 Å². The van der Waals surface area contributed by atoms with E-state index in [1.807, 2.05) is 0 Å². The van der Waals surface area contributed by atoms with Crippen LogP contribution in [0.25, 0.3) is 0 Å². The monoisotopic (exact) mass is 266 g/mol. The van der Waals surface area contributed by atoms with Gasteiger partial charge < -0.3 is 10.4 Å². The first kappa shape index (κ1) is 15.0. The molecule has 2 N–H and O–H groups in total. The summed E-state index contributed by atoms with van der Waals surface area (Å²) < 4.78 is 0. The predicted molar refractivity (Wildman–Crippen MR) is 80.2 cm³/mol. The van der Waals surface area contributed by atoms with E-state index in [0.717, 1.165) is 39.0 Å². The van der Waals surface area contributed by atoms with Crippen LogP contribution in [-0.2, 0) is 0 Å². The normalized spacial score (nSPS) is 32.3. The van der Waals surface area contributed by atoms with E-state index in [4.69, 9.17) is 0 Å². The second-order valence-corrected chi connectivity index (χ2v) is 6.82. The van der Waals surface area contributed by atoms with Gasteiger partial charge in [0.1, 0.15) is 0 Å². The zero-order chi connectivity index (χ0) is 13.9. The van der Waals surface area contributed by atoms with Gasteiger partial charge in [-0.3, -0.25) is 4.90 Å². The van der Waals surface area contributed by atoms with Crippen molar-refractivity contribution in [2.24, 2.45) is 5.92 Å². The Bertz CT molecular complexity index is 316. The van der Waals surface area contributed by atoms with Crippen LogP contribution in [0.2, 0.25) is 0 Å². The molecule has 0 radical (unpaired) electrons. The van der Waals surface area contributed by atoms with Crippen LogP contribution in [0.1, 0.15) is 46.0 Å². The van der Waals surface area contributed by atoms with E-state index in [-0.39, 0.29) is 5.60 Å². The van der Waals surface area contributed by atoms with Crippen molar-refractivity contribution in [1.29, 1.82) is 0 Å². The maximum absolute atomic E-state index is 10.7. The third-order valence-electron chi connectivity index (χ3n) is 4.72. The number of likely N-dealkylation sites (tertiary alicyclic amines) is 1. The molecule has 0 spiro atoms. The maximum Gasteiger partial charge on any atom is 0.0700 e. The van der Waals surface area contributed by atoms with Crippen LogP contribution in [0.4, 0.5) is 0 Å². The molecule has 2 unspecified atom stereocenters. The molecule has 110 valence electrons. The summed E-state index contributed by atoms with van der Waals surface area (Å²) in [5, 5.41) is 14.1. The van der Waals surface area contributed by atoms with Crippen molar-refractivity contribution in [3.8, 4) is 0 Å². The van der Waals surface area contributed by atoms with Gasteiger partial charge in [0, 0.05) is 38.1 Å². The summed E-state index contributed by atoms with van der Waals surface area (Å²) in [6.45, 7) is 12.5. The van der Waals surface area contributed by atoms with Crippen molar-refractivity contribution >= 4 is 0 Å². The largest absolute Gasteiger partial charge is 0.390 e. The molecule has 0 amide bonds. The fourth-order valence-electron chi connectivity index (χ4n) is 3.50. The van der Waals surface area contributed by atoms with E-state index < -0.39 is 0 Å². The van der Waals surface area contributed by atoms with Crippen LogP contribution >= 0.6 is 0 Å². The summed E-state index contributed by atoms with van der Waals surface area (Å²) in [7, 11) is 0. The molecule has 2 aliphatic rings. The van der Waals surface area contributed by atoms with Gasteiger partial charge in [-0.05, 0) is 24.8 Å². The molecular weight excluding hydrogens is 236 g/mol. The van der Waals surface area contributed by atoms with Gasteiger partial charge in [0.15, 0.2) is 0 Å². The molecular formula is C16H30N2O. The molecule has 0 bridgehead atoms. The number of aliphatic hydroxyl groups is 1. The van der Waals surface area contributed by atoms with Crippen molar-refractivity contribution in [3.05, 3.63) is 12.2 Å². The molecule has 1 aliphatic carbocycles. The minimum atomic E-state index is -0.355. The molecule has 1 saturated heterocycles. The smallest absolute Gasteiger partial charge is 0.0700 e. The molecule has 19 heavy (non-hydrogen) atoms. The zero-order valence-corrected chi connectivity index (χ0v) is 12.6. The third-order valence-corrected chi connectivity index (χ3v) is 4.72. The van der Waals surface area contributed by atoms with Gasteiger partial charge in [0.05, 0.1) is 5.60 Å². The summed E-state index contributed by atoms with van der Waals surface area (Å²) in [6.07, 6.45) is 5.66. The third kappa shape index (κ3) is 4.04. The summed E-state index contributed by atoms with van der Waals surface area (Å²) >= 11 is 0. The topological polar surface area (TPSA) is 35.5 Å². The van der Waals surface area contributed by atoms with Crippen LogP contribution in [0.3, 0.4) is 0 Å². The molecule has 0 aromatic rings. The number of fused-ring (bicyclic) bond motifs is 1. The molecule has 2 rings (SSSR count). The lowest BCUT2D eigenvalue weighted by atomic mass is 9.71. The van der Waals surface area contributed by atoms with Crippen molar-refractivity contribution < 1.29 is 5.11 Å². The molecule has 1 saturated carbocycles. The Kier molecular flexibility index (Phi) is 5.04. The van der Waals surface area contributed by atoms with Crippen LogP contribution in [0, 0.1) is 5.92 Å².